The minimum Gasteiger partial charge on any atom is -0.372 e. The van der Waals surface area contributed by atoms with E-state index >= 15 is 0 Å². The van der Waals surface area contributed by atoms with Gasteiger partial charge in [0, 0.05) is 12.6 Å². The van der Waals surface area contributed by atoms with Gasteiger partial charge in [-0.1, -0.05) is 12.1 Å². The Labute approximate surface area is 118 Å². The number of hydrogen-bond acceptors (Lipinski definition) is 2. The lowest BCUT2D eigenvalue weighted by Crippen LogP contribution is -2.22. The first-order valence-electron chi connectivity index (χ1n) is 6.64. The van der Waals surface area contributed by atoms with Crippen LogP contribution in [0.1, 0.15) is 34.7 Å². The lowest BCUT2D eigenvalue weighted by Gasteiger charge is -2.20. The fraction of sp³-hybridized carbons (Fsp3) is 0.600. The molecule has 2 nitrogen and oxygen atoms in total. The third kappa shape index (κ3) is 5.13. The highest BCUT2D eigenvalue weighted by molar-refractivity contribution is 5.38. The second-order valence-electron chi connectivity index (χ2n) is 5.09. The summed E-state index contributed by atoms with van der Waals surface area (Å²) in [5.74, 6) is 0. The van der Waals surface area contributed by atoms with Crippen LogP contribution in [-0.4, -0.2) is 26.4 Å². The zero-order valence-electron chi connectivity index (χ0n) is 12.4. The van der Waals surface area contributed by atoms with Crippen LogP contribution in [0, 0.1) is 20.8 Å². The predicted octanol–water partition coefficient (Wildman–Crippen LogP) is 3.84. The molecule has 1 atom stereocenters. The molecule has 114 valence electrons. The first-order valence-corrected chi connectivity index (χ1v) is 6.64. The van der Waals surface area contributed by atoms with Gasteiger partial charge in [-0.3, -0.25) is 0 Å². The van der Waals surface area contributed by atoms with E-state index in [9.17, 15) is 13.2 Å². The third-order valence-electron chi connectivity index (χ3n) is 3.42. The molecule has 0 heterocycles. The van der Waals surface area contributed by atoms with Gasteiger partial charge in [0.1, 0.15) is 6.61 Å². The van der Waals surface area contributed by atoms with Gasteiger partial charge in [0.05, 0.1) is 0 Å². The molecule has 0 saturated heterocycles. The van der Waals surface area contributed by atoms with E-state index in [4.69, 9.17) is 0 Å². The van der Waals surface area contributed by atoms with Gasteiger partial charge in [0.2, 0.25) is 0 Å². The quantitative estimate of drug-likeness (QED) is 0.803. The summed E-state index contributed by atoms with van der Waals surface area (Å²) in [6, 6.07) is 4.20. The highest BCUT2D eigenvalue weighted by Crippen LogP contribution is 2.24. The molecular weight excluding hydrogens is 267 g/mol. The highest BCUT2D eigenvalue weighted by Gasteiger charge is 2.27. The molecule has 1 unspecified atom stereocenters. The van der Waals surface area contributed by atoms with Crippen LogP contribution < -0.4 is 5.32 Å². The van der Waals surface area contributed by atoms with Gasteiger partial charge < -0.3 is 10.1 Å². The largest absolute Gasteiger partial charge is 0.411 e. The normalized spacial score (nSPS) is 13.6. The number of alkyl halides is 3. The summed E-state index contributed by atoms with van der Waals surface area (Å²) >= 11 is 0. The monoisotopic (exact) mass is 289 g/mol. The molecule has 0 aliphatic carbocycles. The Morgan fingerprint density at radius 2 is 1.70 bits per heavy atom. The van der Waals surface area contributed by atoms with Crippen LogP contribution in [0.5, 0.6) is 0 Å². The average molecular weight is 289 g/mol. The molecule has 0 spiro atoms. The summed E-state index contributed by atoms with van der Waals surface area (Å²) < 4.78 is 40.7. The Morgan fingerprint density at radius 1 is 1.10 bits per heavy atom. The molecule has 20 heavy (non-hydrogen) atoms. The van der Waals surface area contributed by atoms with Crippen LogP contribution in [0.4, 0.5) is 13.2 Å². The van der Waals surface area contributed by atoms with Crippen molar-refractivity contribution in [1.82, 2.24) is 5.32 Å². The van der Waals surface area contributed by atoms with Crippen molar-refractivity contribution in [3.63, 3.8) is 0 Å². The summed E-state index contributed by atoms with van der Waals surface area (Å²) in [5, 5.41) is 3.14. The lowest BCUT2D eigenvalue weighted by molar-refractivity contribution is -0.174. The molecule has 1 aromatic rings. The van der Waals surface area contributed by atoms with Crippen molar-refractivity contribution in [2.45, 2.75) is 39.4 Å². The maximum atomic E-state index is 12.0. The molecular formula is C15H22F3NO. The standard InChI is InChI=1S/C15H22F3NO/c1-10-7-12(3)13(8-11(10)2)14(19-4)5-6-20-9-15(16,17)18/h7-8,14,19H,5-6,9H2,1-4H3. The van der Waals surface area contributed by atoms with Crippen molar-refractivity contribution >= 4 is 0 Å². The average Bonchev–Trinajstić information content (AvgIpc) is 2.33. The second kappa shape index (κ2) is 7.09. The van der Waals surface area contributed by atoms with E-state index < -0.39 is 12.8 Å². The Bertz CT molecular complexity index is 443. The summed E-state index contributed by atoms with van der Waals surface area (Å²) in [6.45, 7) is 4.99. The van der Waals surface area contributed by atoms with Crippen LogP contribution >= 0.6 is 0 Å². The van der Waals surface area contributed by atoms with Crippen molar-refractivity contribution in [1.29, 1.82) is 0 Å². The first kappa shape index (κ1) is 17.0. The van der Waals surface area contributed by atoms with Gasteiger partial charge in [-0.2, -0.15) is 13.2 Å². The summed E-state index contributed by atoms with van der Waals surface area (Å²) in [7, 11) is 1.81. The van der Waals surface area contributed by atoms with E-state index in [1.807, 2.05) is 27.8 Å². The van der Waals surface area contributed by atoms with Gasteiger partial charge in [0.25, 0.3) is 0 Å². The number of hydrogen-bond donors (Lipinski definition) is 1. The van der Waals surface area contributed by atoms with Gasteiger partial charge in [0.15, 0.2) is 0 Å². The maximum Gasteiger partial charge on any atom is 0.411 e. The number of benzene rings is 1. The lowest BCUT2D eigenvalue weighted by atomic mass is 9.94. The van der Waals surface area contributed by atoms with Crippen molar-refractivity contribution < 1.29 is 17.9 Å². The van der Waals surface area contributed by atoms with Crippen molar-refractivity contribution in [3.8, 4) is 0 Å². The third-order valence-corrected chi connectivity index (χ3v) is 3.42. The van der Waals surface area contributed by atoms with Crippen molar-refractivity contribution in [3.05, 3.63) is 34.4 Å². The minimum absolute atomic E-state index is 0.00235. The van der Waals surface area contributed by atoms with Crippen molar-refractivity contribution in [2.24, 2.45) is 0 Å². The topological polar surface area (TPSA) is 21.3 Å². The van der Waals surface area contributed by atoms with E-state index in [0.29, 0.717) is 6.42 Å². The second-order valence-corrected chi connectivity index (χ2v) is 5.09. The zero-order valence-corrected chi connectivity index (χ0v) is 12.4. The fourth-order valence-corrected chi connectivity index (χ4v) is 2.20. The molecule has 0 aliphatic rings. The number of rotatable bonds is 6. The van der Waals surface area contributed by atoms with Crippen LogP contribution in [0.25, 0.3) is 0 Å². The smallest absolute Gasteiger partial charge is 0.372 e. The van der Waals surface area contributed by atoms with Crippen LogP contribution in [0.15, 0.2) is 12.1 Å². The Hall–Kier alpha value is -1.07. The Balaban J connectivity index is 2.65. The molecule has 0 fully saturated rings. The van der Waals surface area contributed by atoms with E-state index in [-0.39, 0.29) is 12.6 Å². The Kier molecular flexibility index (Phi) is 6.02. The van der Waals surface area contributed by atoms with E-state index in [1.54, 1.807) is 0 Å². The van der Waals surface area contributed by atoms with Gasteiger partial charge >= 0.3 is 6.18 Å². The van der Waals surface area contributed by atoms with Crippen LogP contribution in [0.3, 0.4) is 0 Å². The molecule has 5 heteroatoms. The Morgan fingerprint density at radius 3 is 2.25 bits per heavy atom. The molecule has 0 aliphatic heterocycles. The van der Waals surface area contributed by atoms with Crippen LogP contribution in [-0.2, 0) is 4.74 Å². The summed E-state index contributed by atoms with van der Waals surface area (Å²) in [5.41, 5.74) is 4.66. The molecule has 0 bridgehead atoms. The zero-order chi connectivity index (χ0) is 15.3. The molecule has 1 aromatic carbocycles. The van der Waals surface area contributed by atoms with Crippen molar-refractivity contribution in [2.75, 3.05) is 20.3 Å². The molecule has 1 rings (SSSR count). The molecule has 0 amide bonds. The first-order chi connectivity index (χ1) is 9.24. The summed E-state index contributed by atoms with van der Waals surface area (Å²) in [4.78, 5) is 0. The van der Waals surface area contributed by atoms with Crippen LogP contribution in [0.2, 0.25) is 0 Å². The van der Waals surface area contributed by atoms with E-state index in [2.05, 4.69) is 22.2 Å². The molecule has 0 aromatic heterocycles. The fourth-order valence-electron chi connectivity index (χ4n) is 2.20. The predicted molar refractivity (Wildman–Crippen MR) is 73.9 cm³/mol. The van der Waals surface area contributed by atoms with E-state index in [1.165, 1.54) is 11.1 Å². The molecule has 0 radical (unpaired) electrons. The van der Waals surface area contributed by atoms with Gasteiger partial charge in [-0.05, 0) is 56.5 Å². The van der Waals surface area contributed by atoms with E-state index in [0.717, 1.165) is 11.1 Å². The van der Waals surface area contributed by atoms with Gasteiger partial charge in [-0.15, -0.1) is 0 Å². The number of nitrogens with one attached hydrogen (secondary N) is 1. The number of ether oxygens (including phenoxy) is 1. The summed E-state index contributed by atoms with van der Waals surface area (Å²) in [6.07, 6.45) is -3.75. The number of aryl methyl sites for hydroxylation is 3. The number of halogens is 3. The highest BCUT2D eigenvalue weighted by atomic mass is 19.4. The SMILES string of the molecule is CNC(CCOCC(F)(F)F)c1cc(C)c(C)cc1C. The minimum atomic E-state index is -4.26. The maximum absolute atomic E-state index is 12.0. The molecule has 0 saturated carbocycles. The molecule has 1 N–H and O–H groups in total. The van der Waals surface area contributed by atoms with Gasteiger partial charge in [-0.25, -0.2) is 0 Å².